The van der Waals surface area contributed by atoms with E-state index in [4.69, 9.17) is 23.7 Å². The molecule has 208 valence electrons. The van der Waals surface area contributed by atoms with Crippen LogP contribution in [-0.2, 0) is 28.5 Å². The SMILES string of the molecule is CCOC(C)OCC1(COC(C)OCC)CSC2(SC1)C1CC3CC2CC(OC(=O)C(C)(F)F)(C3)C1. The van der Waals surface area contributed by atoms with Crippen LogP contribution in [0.15, 0.2) is 0 Å². The van der Waals surface area contributed by atoms with Crippen LogP contribution in [0.25, 0.3) is 0 Å². The van der Waals surface area contributed by atoms with Gasteiger partial charge in [0.15, 0.2) is 12.6 Å². The first-order valence-electron chi connectivity index (χ1n) is 13.3. The van der Waals surface area contributed by atoms with Crippen molar-refractivity contribution in [3.8, 4) is 0 Å². The zero-order valence-corrected chi connectivity index (χ0v) is 23.8. The minimum Gasteiger partial charge on any atom is -0.455 e. The van der Waals surface area contributed by atoms with Gasteiger partial charge in [0, 0.05) is 37.1 Å². The number of halogens is 2. The molecular weight excluding hydrogens is 510 g/mol. The molecule has 0 aromatic rings. The van der Waals surface area contributed by atoms with E-state index in [2.05, 4.69) is 0 Å². The Labute approximate surface area is 222 Å². The smallest absolute Gasteiger partial charge is 0.377 e. The Morgan fingerprint density at radius 3 is 1.86 bits per heavy atom. The average molecular weight is 553 g/mol. The van der Waals surface area contributed by atoms with Crippen molar-refractivity contribution >= 4 is 29.5 Å². The van der Waals surface area contributed by atoms with E-state index in [0.29, 0.717) is 63.9 Å². The van der Waals surface area contributed by atoms with Crippen molar-refractivity contribution in [3.63, 3.8) is 0 Å². The van der Waals surface area contributed by atoms with Crippen LogP contribution >= 0.6 is 23.5 Å². The highest BCUT2D eigenvalue weighted by molar-refractivity contribution is 8.18. The van der Waals surface area contributed by atoms with Gasteiger partial charge in [0.1, 0.15) is 5.60 Å². The Hall–Kier alpha value is -0.130. The van der Waals surface area contributed by atoms with E-state index in [1.54, 1.807) is 0 Å². The predicted octanol–water partition coefficient (Wildman–Crippen LogP) is 5.72. The number of thioether (sulfide) groups is 2. The van der Waals surface area contributed by atoms with Crippen molar-refractivity contribution < 1.29 is 37.3 Å². The summed E-state index contributed by atoms with van der Waals surface area (Å²) in [6.07, 6.45) is 3.70. The maximum atomic E-state index is 13.7. The maximum Gasteiger partial charge on any atom is 0.377 e. The molecule has 0 amide bonds. The van der Waals surface area contributed by atoms with E-state index in [9.17, 15) is 13.6 Å². The summed E-state index contributed by atoms with van der Waals surface area (Å²) in [4.78, 5) is 12.1. The lowest BCUT2D eigenvalue weighted by atomic mass is 9.53. The molecule has 1 spiro atoms. The molecule has 1 saturated heterocycles. The van der Waals surface area contributed by atoms with Crippen LogP contribution in [0.5, 0.6) is 0 Å². The van der Waals surface area contributed by atoms with Gasteiger partial charge in [-0.15, -0.1) is 23.5 Å². The number of rotatable bonds is 12. The van der Waals surface area contributed by atoms with Gasteiger partial charge in [0.2, 0.25) is 0 Å². The maximum absolute atomic E-state index is 13.7. The van der Waals surface area contributed by atoms with Crippen LogP contribution in [0, 0.1) is 23.2 Å². The fourth-order valence-corrected chi connectivity index (χ4v) is 10.8. The van der Waals surface area contributed by atoms with Gasteiger partial charge in [-0.1, -0.05) is 0 Å². The molecule has 10 heteroatoms. The van der Waals surface area contributed by atoms with Crippen molar-refractivity contribution in [2.45, 2.75) is 94.9 Å². The lowest BCUT2D eigenvalue weighted by Crippen LogP contribution is -2.64. The number of esters is 1. The summed E-state index contributed by atoms with van der Waals surface area (Å²) in [5.74, 6) is -1.91. The standard InChI is InChI=1S/C26H42F2O6S2/c1-6-30-17(3)32-13-24(14-33-18(4)31-7-2)15-35-26(36-16-24)20-8-19-9-21(26)12-25(10-19,11-20)34-22(29)23(5,27)28/h17-21H,6-16H2,1-5H3. The Balaban J connectivity index is 1.45. The molecule has 5 aliphatic rings. The van der Waals surface area contributed by atoms with Gasteiger partial charge < -0.3 is 23.7 Å². The summed E-state index contributed by atoms with van der Waals surface area (Å²) in [6.45, 7) is 10.6. The molecule has 1 aliphatic heterocycles. The molecule has 4 saturated carbocycles. The van der Waals surface area contributed by atoms with Crippen LogP contribution in [0.3, 0.4) is 0 Å². The van der Waals surface area contributed by atoms with Crippen molar-refractivity contribution in [2.24, 2.45) is 23.2 Å². The van der Waals surface area contributed by atoms with E-state index in [1.165, 1.54) is 0 Å². The Bertz CT molecular complexity index is 734. The zero-order chi connectivity index (χ0) is 26.2. The molecular formula is C26H42F2O6S2. The van der Waals surface area contributed by atoms with Crippen LogP contribution < -0.4 is 0 Å². The molecule has 1 heterocycles. The average Bonchev–Trinajstić information content (AvgIpc) is 2.80. The molecule has 4 atom stereocenters. The van der Waals surface area contributed by atoms with E-state index in [1.807, 2.05) is 51.2 Å². The van der Waals surface area contributed by atoms with Crippen molar-refractivity contribution in [3.05, 3.63) is 0 Å². The lowest BCUT2D eigenvalue weighted by Gasteiger charge is -2.65. The number of hydrogen-bond donors (Lipinski definition) is 0. The van der Waals surface area contributed by atoms with Crippen LogP contribution in [0.2, 0.25) is 0 Å². The van der Waals surface area contributed by atoms with Gasteiger partial charge in [0.25, 0.3) is 0 Å². The topological polar surface area (TPSA) is 63.2 Å². The van der Waals surface area contributed by atoms with E-state index in [-0.39, 0.29) is 22.1 Å². The monoisotopic (exact) mass is 552 g/mol. The molecule has 36 heavy (non-hydrogen) atoms. The second kappa shape index (κ2) is 11.2. The molecule has 6 nitrogen and oxygen atoms in total. The minimum absolute atomic E-state index is 0.0299. The van der Waals surface area contributed by atoms with Gasteiger partial charge in [-0.05, 0) is 77.6 Å². The highest BCUT2D eigenvalue weighted by Gasteiger charge is 2.66. The van der Waals surface area contributed by atoms with Gasteiger partial charge in [-0.2, -0.15) is 8.78 Å². The van der Waals surface area contributed by atoms with Crippen LogP contribution in [0.1, 0.15) is 66.7 Å². The number of carbonyl (C=O) groups is 1. The molecule has 0 N–H and O–H groups in total. The molecule has 0 radical (unpaired) electrons. The molecule has 4 bridgehead atoms. The number of alkyl halides is 2. The third-order valence-electron chi connectivity index (χ3n) is 8.20. The molecule has 5 rings (SSSR count). The van der Waals surface area contributed by atoms with Crippen molar-refractivity contribution in [1.29, 1.82) is 0 Å². The molecule has 5 fully saturated rings. The van der Waals surface area contributed by atoms with E-state index >= 15 is 0 Å². The third-order valence-corrected chi connectivity index (χ3v) is 12.7. The molecule has 4 aliphatic carbocycles. The van der Waals surface area contributed by atoms with Crippen LogP contribution in [-0.4, -0.2) is 72.1 Å². The Kier molecular flexibility index (Phi) is 8.95. The van der Waals surface area contributed by atoms with E-state index in [0.717, 1.165) is 30.8 Å². The van der Waals surface area contributed by atoms with E-state index < -0.39 is 17.5 Å². The van der Waals surface area contributed by atoms with Gasteiger partial charge in [-0.25, -0.2) is 4.79 Å². The predicted molar refractivity (Wildman–Crippen MR) is 137 cm³/mol. The number of carbonyl (C=O) groups excluding carboxylic acids is 1. The summed E-state index contributed by atoms with van der Waals surface area (Å²) in [5.41, 5.74) is -0.902. The van der Waals surface area contributed by atoms with Gasteiger partial charge >= 0.3 is 11.9 Å². The third kappa shape index (κ3) is 6.03. The number of ether oxygens (including phenoxy) is 5. The largest absolute Gasteiger partial charge is 0.455 e. The first kappa shape index (κ1) is 28.9. The highest BCUT2D eigenvalue weighted by Crippen LogP contribution is 2.70. The van der Waals surface area contributed by atoms with Crippen molar-refractivity contribution in [1.82, 2.24) is 0 Å². The fourth-order valence-electron chi connectivity index (χ4n) is 6.71. The molecule has 4 unspecified atom stereocenters. The normalized spacial score (nSPS) is 39.4. The minimum atomic E-state index is -3.45. The molecule has 0 aromatic carbocycles. The summed E-state index contributed by atoms with van der Waals surface area (Å²) in [7, 11) is 0. The molecule has 0 aromatic heterocycles. The second-order valence-corrected chi connectivity index (χ2v) is 14.0. The summed E-state index contributed by atoms with van der Waals surface area (Å²) >= 11 is 3.99. The summed E-state index contributed by atoms with van der Waals surface area (Å²) in [6, 6.07) is 0. The second-order valence-electron chi connectivity index (χ2n) is 11.3. The summed E-state index contributed by atoms with van der Waals surface area (Å²) < 4.78 is 56.4. The Morgan fingerprint density at radius 1 is 0.917 bits per heavy atom. The van der Waals surface area contributed by atoms with Crippen LogP contribution in [0.4, 0.5) is 8.78 Å². The first-order valence-corrected chi connectivity index (χ1v) is 15.3. The van der Waals surface area contributed by atoms with Gasteiger partial charge in [-0.3, -0.25) is 0 Å². The fraction of sp³-hybridized carbons (Fsp3) is 0.962. The van der Waals surface area contributed by atoms with Crippen molar-refractivity contribution in [2.75, 3.05) is 37.9 Å². The quantitative estimate of drug-likeness (QED) is 0.225. The highest BCUT2D eigenvalue weighted by atomic mass is 32.2. The van der Waals surface area contributed by atoms with Gasteiger partial charge in [0.05, 0.1) is 17.3 Å². The zero-order valence-electron chi connectivity index (χ0n) is 22.2. The number of hydrogen-bond acceptors (Lipinski definition) is 8. The lowest BCUT2D eigenvalue weighted by molar-refractivity contribution is -0.208. The Morgan fingerprint density at radius 2 is 1.42 bits per heavy atom. The first-order chi connectivity index (χ1) is 16.9. The summed E-state index contributed by atoms with van der Waals surface area (Å²) in [5, 5.41) is 0.